The Bertz CT molecular complexity index is 1210. The molecule has 0 saturated heterocycles. The number of nitrogens with zero attached hydrogens (tertiary/aromatic N) is 6. The van der Waals surface area contributed by atoms with E-state index >= 15 is 0 Å². The van der Waals surface area contributed by atoms with Crippen molar-refractivity contribution in [1.29, 1.82) is 0 Å². The Balaban J connectivity index is 1.94. The first-order chi connectivity index (χ1) is 17.0. The predicted molar refractivity (Wildman–Crippen MR) is 124 cm³/mol. The van der Waals surface area contributed by atoms with Gasteiger partial charge in [0, 0.05) is 35.7 Å². The summed E-state index contributed by atoms with van der Waals surface area (Å²) in [6, 6.07) is 2.06. The van der Waals surface area contributed by atoms with Gasteiger partial charge >= 0.3 is 11.4 Å². The molecule has 1 saturated carbocycles. The number of phenols is 2. The van der Waals surface area contributed by atoms with Crippen LogP contribution in [0.1, 0.15) is 36.8 Å². The highest BCUT2D eigenvalue weighted by atomic mass is 16.6. The second-order valence-corrected chi connectivity index (χ2v) is 7.81. The summed E-state index contributed by atoms with van der Waals surface area (Å²) >= 11 is 0. The van der Waals surface area contributed by atoms with Gasteiger partial charge in [0.1, 0.15) is 0 Å². The van der Waals surface area contributed by atoms with E-state index in [1.54, 1.807) is 0 Å². The monoisotopic (exact) mass is 502 g/mol. The topological polar surface area (TPSA) is 238 Å². The molecule has 188 valence electrons. The highest BCUT2D eigenvalue weighted by Crippen LogP contribution is 2.35. The highest BCUT2D eigenvalue weighted by molar-refractivity contribution is 5.88. The van der Waals surface area contributed by atoms with E-state index in [2.05, 4.69) is 9.98 Å². The first-order valence-corrected chi connectivity index (χ1v) is 10.4. The number of hydrogen-bond acceptors (Lipinski definition) is 12. The molecule has 0 heterocycles. The molecule has 16 heteroatoms. The van der Waals surface area contributed by atoms with Gasteiger partial charge < -0.3 is 10.2 Å². The fourth-order valence-corrected chi connectivity index (χ4v) is 3.73. The number of hydrogen-bond donors (Lipinski definition) is 2. The molecule has 0 radical (unpaired) electrons. The third-order valence-electron chi connectivity index (χ3n) is 5.53. The molecule has 2 atom stereocenters. The average Bonchev–Trinajstić information content (AvgIpc) is 2.82. The molecule has 0 spiro atoms. The van der Waals surface area contributed by atoms with Gasteiger partial charge in [-0.2, -0.15) is 0 Å². The van der Waals surface area contributed by atoms with Crippen LogP contribution in [-0.2, 0) is 0 Å². The normalized spacial score (nSPS) is 17.9. The van der Waals surface area contributed by atoms with Crippen LogP contribution in [0.25, 0.3) is 0 Å². The van der Waals surface area contributed by atoms with E-state index in [0.29, 0.717) is 25.0 Å². The van der Waals surface area contributed by atoms with Gasteiger partial charge in [-0.15, -0.1) is 0 Å². The largest absolute Gasteiger partial charge is 0.502 e. The molecule has 16 nitrogen and oxygen atoms in total. The summed E-state index contributed by atoms with van der Waals surface area (Å²) < 4.78 is 0. The summed E-state index contributed by atoms with van der Waals surface area (Å²) in [4.78, 5) is 49.5. The van der Waals surface area contributed by atoms with Crippen molar-refractivity contribution < 1.29 is 29.9 Å². The lowest BCUT2D eigenvalue weighted by Gasteiger charge is -2.25. The number of benzene rings is 2. The molecule has 2 aromatic rings. The first kappa shape index (κ1) is 25.6. The van der Waals surface area contributed by atoms with Gasteiger partial charge in [0.25, 0.3) is 11.4 Å². The van der Waals surface area contributed by atoms with Crippen molar-refractivity contribution >= 4 is 35.2 Å². The number of rotatable bonds is 8. The molecule has 1 fully saturated rings. The van der Waals surface area contributed by atoms with Crippen LogP contribution in [-0.4, -0.2) is 54.4 Å². The van der Waals surface area contributed by atoms with Gasteiger partial charge in [0.15, 0.2) is 0 Å². The Labute approximate surface area is 200 Å². The lowest BCUT2D eigenvalue weighted by molar-refractivity contribution is -0.395. The zero-order chi connectivity index (χ0) is 26.6. The van der Waals surface area contributed by atoms with E-state index in [0.717, 1.165) is 37.4 Å². The minimum atomic E-state index is -0.960. The fraction of sp³-hybridized carbons (Fsp3) is 0.300. The molecule has 1 aliphatic carbocycles. The SMILES string of the molecule is O=[N+]([O-])c1cc(C=N[C@@H]2CCCC[C@H]2N=Cc2cc([N+](=O)[O-])cc([N+](=O)[O-])c2O)c(O)c([N+](=O)[O-])c1. The molecule has 2 aromatic carbocycles. The van der Waals surface area contributed by atoms with Gasteiger partial charge in [0.05, 0.1) is 43.9 Å². The minimum absolute atomic E-state index is 0.240. The third-order valence-corrected chi connectivity index (χ3v) is 5.53. The van der Waals surface area contributed by atoms with Crippen LogP contribution in [0.15, 0.2) is 34.3 Å². The summed E-state index contributed by atoms with van der Waals surface area (Å²) in [6.07, 6.45) is 4.62. The number of phenolic OH excluding ortho intramolecular Hbond substituents is 2. The molecule has 0 bridgehead atoms. The molecule has 0 amide bonds. The summed E-state index contributed by atoms with van der Waals surface area (Å²) in [7, 11) is 0. The Morgan fingerprint density at radius 2 is 1.03 bits per heavy atom. The summed E-state index contributed by atoms with van der Waals surface area (Å²) in [6.45, 7) is 0. The molecular formula is C20H18N6O10. The van der Waals surface area contributed by atoms with Gasteiger partial charge in [-0.25, -0.2) is 0 Å². The van der Waals surface area contributed by atoms with Crippen LogP contribution in [0.4, 0.5) is 22.7 Å². The number of non-ortho nitro benzene ring substituents is 2. The van der Waals surface area contributed by atoms with Crippen molar-refractivity contribution in [2.45, 2.75) is 37.8 Å². The van der Waals surface area contributed by atoms with Crippen LogP contribution >= 0.6 is 0 Å². The van der Waals surface area contributed by atoms with E-state index in [1.165, 1.54) is 0 Å². The van der Waals surface area contributed by atoms with Crippen LogP contribution in [0.2, 0.25) is 0 Å². The van der Waals surface area contributed by atoms with E-state index in [1.807, 2.05) is 0 Å². The number of aliphatic imine (C=N–C) groups is 2. The standard InChI is InChI=1S/C20H18N6O10/c27-19-11(5-13(23(29)30)7-17(19)25(33)34)9-21-15-3-1-2-4-16(15)22-10-12-6-14(24(31)32)8-18(20(12)28)26(35)36/h5-10,15-16,27-28H,1-4H2/t15-,16-/m1/s1. The Hall–Kier alpha value is -5.02. The molecule has 0 aromatic heterocycles. The smallest absolute Gasteiger partial charge is 0.318 e. The van der Waals surface area contributed by atoms with Crippen LogP contribution < -0.4 is 0 Å². The number of aromatic hydroxyl groups is 2. The van der Waals surface area contributed by atoms with E-state index in [9.17, 15) is 50.7 Å². The number of nitro groups is 4. The third kappa shape index (κ3) is 5.54. The molecule has 0 aliphatic heterocycles. The van der Waals surface area contributed by atoms with Gasteiger partial charge in [0.2, 0.25) is 11.5 Å². The molecule has 1 aliphatic rings. The van der Waals surface area contributed by atoms with Crippen LogP contribution in [0.3, 0.4) is 0 Å². The van der Waals surface area contributed by atoms with Gasteiger partial charge in [-0.05, 0) is 12.8 Å². The lowest BCUT2D eigenvalue weighted by atomic mass is 9.91. The van der Waals surface area contributed by atoms with E-state index < -0.39 is 66.0 Å². The fourth-order valence-electron chi connectivity index (χ4n) is 3.73. The van der Waals surface area contributed by atoms with Crippen molar-refractivity contribution in [1.82, 2.24) is 0 Å². The Morgan fingerprint density at radius 3 is 1.33 bits per heavy atom. The second-order valence-electron chi connectivity index (χ2n) is 7.81. The maximum absolute atomic E-state index is 11.1. The van der Waals surface area contributed by atoms with Crippen molar-refractivity contribution in [3.05, 3.63) is 75.8 Å². The minimum Gasteiger partial charge on any atom is -0.502 e. The Kier molecular flexibility index (Phi) is 7.46. The van der Waals surface area contributed by atoms with E-state index in [-0.39, 0.29) is 11.1 Å². The summed E-state index contributed by atoms with van der Waals surface area (Å²) in [5, 5.41) is 64.8. The van der Waals surface area contributed by atoms with Gasteiger partial charge in [-0.1, -0.05) is 12.8 Å². The molecule has 3 rings (SSSR count). The van der Waals surface area contributed by atoms with Crippen molar-refractivity contribution in [2.75, 3.05) is 0 Å². The molecule has 2 N–H and O–H groups in total. The zero-order valence-electron chi connectivity index (χ0n) is 18.3. The zero-order valence-corrected chi connectivity index (χ0v) is 18.3. The van der Waals surface area contributed by atoms with Crippen LogP contribution in [0.5, 0.6) is 11.5 Å². The molecule has 0 unspecified atom stereocenters. The quantitative estimate of drug-likeness (QED) is 0.302. The van der Waals surface area contributed by atoms with Crippen molar-refractivity contribution in [2.24, 2.45) is 9.98 Å². The van der Waals surface area contributed by atoms with Crippen molar-refractivity contribution in [3.63, 3.8) is 0 Å². The Morgan fingerprint density at radius 1 is 0.667 bits per heavy atom. The second kappa shape index (κ2) is 10.5. The average molecular weight is 502 g/mol. The highest BCUT2D eigenvalue weighted by Gasteiger charge is 2.27. The first-order valence-electron chi connectivity index (χ1n) is 10.4. The summed E-state index contributed by atoms with van der Waals surface area (Å²) in [5.41, 5.74) is -3.41. The lowest BCUT2D eigenvalue weighted by Crippen LogP contribution is -2.27. The maximum Gasteiger partial charge on any atom is 0.318 e. The van der Waals surface area contributed by atoms with E-state index in [4.69, 9.17) is 0 Å². The van der Waals surface area contributed by atoms with Crippen molar-refractivity contribution in [3.8, 4) is 11.5 Å². The van der Waals surface area contributed by atoms with Crippen LogP contribution in [0, 0.1) is 40.5 Å². The maximum atomic E-state index is 11.1. The summed E-state index contributed by atoms with van der Waals surface area (Å²) in [5.74, 6) is -1.59. The number of nitro benzene ring substituents is 4. The molecule has 36 heavy (non-hydrogen) atoms. The predicted octanol–water partition coefficient (Wildman–Crippen LogP) is 3.58. The van der Waals surface area contributed by atoms with Gasteiger partial charge in [-0.3, -0.25) is 50.4 Å². The molecular weight excluding hydrogens is 484 g/mol.